The molecule has 0 unspecified atom stereocenters. The van der Waals surface area contributed by atoms with Crippen LogP contribution in [0.15, 0.2) is 39.3 Å². The highest BCUT2D eigenvalue weighted by molar-refractivity contribution is 9.10. The molecule has 9 nitrogen and oxygen atoms in total. The number of alkyl halides is 3. The molecule has 2 atom stereocenters. The molecule has 0 spiro atoms. The zero-order valence-corrected chi connectivity index (χ0v) is 17.2. The lowest BCUT2D eigenvalue weighted by molar-refractivity contribution is -0.193. The molecule has 30 heavy (non-hydrogen) atoms. The molecule has 1 N–H and O–H groups in total. The first-order chi connectivity index (χ1) is 14.2. The average Bonchev–Trinajstić information content (AvgIpc) is 3.21. The highest BCUT2D eigenvalue weighted by Crippen LogP contribution is 2.41. The van der Waals surface area contributed by atoms with Crippen LogP contribution >= 0.6 is 27.5 Å². The van der Waals surface area contributed by atoms with Crippen molar-refractivity contribution in [3.05, 3.63) is 34.3 Å². The smallest absolute Gasteiger partial charge is 0.427 e. The molecule has 0 fully saturated rings. The lowest BCUT2D eigenvalue weighted by atomic mass is 10.1. The first kappa shape index (κ1) is 20.6. The Balaban J connectivity index is 1.54. The van der Waals surface area contributed by atoms with Crippen molar-refractivity contribution in [3.63, 3.8) is 0 Å². The standard InChI is InChI=1S/C16H12BrClF3N7O2/c17-9-5-22-6-11-13(9)30-12(16(19,20)21)7-27(11)15(29)26-8-3-10(18)14(23-4-8)28-24-1-2-25-28/h1-2,4-6,8,12H,3,7H2,(H,26,29)/t8-,12+/m0/s1. The van der Waals surface area contributed by atoms with E-state index < -0.39 is 30.9 Å². The second-order valence-electron chi connectivity index (χ2n) is 6.31. The van der Waals surface area contributed by atoms with Crippen molar-refractivity contribution in [2.24, 2.45) is 4.99 Å². The number of pyridine rings is 1. The minimum absolute atomic E-state index is 0.109. The van der Waals surface area contributed by atoms with E-state index in [4.69, 9.17) is 16.3 Å². The van der Waals surface area contributed by atoms with Crippen LogP contribution in [0.3, 0.4) is 0 Å². The zero-order valence-electron chi connectivity index (χ0n) is 14.8. The first-order valence-electron chi connectivity index (χ1n) is 8.48. The van der Waals surface area contributed by atoms with Crippen LogP contribution in [-0.2, 0) is 0 Å². The van der Waals surface area contributed by atoms with Crippen molar-refractivity contribution in [1.29, 1.82) is 0 Å². The summed E-state index contributed by atoms with van der Waals surface area (Å²) in [5.41, 5.74) is 0.109. The molecule has 14 heteroatoms. The van der Waals surface area contributed by atoms with Gasteiger partial charge in [-0.15, -0.1) is 4.80 Å². The van der Waals surface area contributed by atoms with E-state index in [1.54, 1.807) is 0 Å². The van der Waals surface area contributed by atoms with E-state index in [0.29, 0.717) is 10.9 Å². The van der Waals surface area contributed by atoms with Crippen molar-refractivity contribution < 1.29 is 22.7 Å². The van der Waals surface area contributed by atoms with Gasteiger partial charge < -0.3 is 10.1 Å². The third kappa shape index (κ3) is 3.99. The van der Waals surface area contributed by atoms with E-state index in [9.17, 15) is 18.0 Å². The molecule has 2 aromatic heterocycles. The minimum Gasteiger partial charge on any atom is -0.476 e. The second kappa shape index (κ2) is 7.87. The van der Waals surface area contributed by atoms with Gasteiger partial charge in [0.05, 0.1) is 40.7 Å². The third-order valence-corrected chi connectivity index (χ3v) is 5.17. The Labute approximate surface area is 180 Å². The summed E-state index contributed by atoms with van der Waals surface area (Å²) in [6.45, 7) is -0.726. The second-order valence-corrected chi connectivity index (χ2v) is 7.62. The molecule has 2 amide bonds. The number of ether oxygens (including phenoxy) is 1. The van der Waals surface area contributed by atoms with Gasteiger partial charge in [-0.3, -0.25) is 9.88 Å². The van der Waals surface area contributed by atoms with Gasteiger partial charge in [0.25, 0.3) is 0 Å². The van der Waals surface area contributed by atoms with Crippen molar-refractivity contribution in [2.45, 2.75) is 24.7 Å². The Morgan fingerprint density at radius 3 is 2.70 bits per heavy atom. The molecule has 0 aliphatic carbocycles. The Bertz CT molecular complexity index is 1030. The van der Waals surface area contributed by atoms with Gasteiger partial charge in [-0.25, -0.2) is 9.79 Å². The molecule has 0 saturated heterocycles. The van der Waals surface area contributed by atoms with Gasteiger partial charge in [-0.05, 0) is 15.9 Å². The van der Waals surface area contributed by atoms with Crippen LogP contribution < -0.4 is 15.0 Å². The van der Waals surface area contributed by atoms with Crippen LogP contribution in [0, 0.1) is 0 Å². The number of amides is 2. The molecule has 4 rings (SSSR count). The number of aromatic nitrogens is 4. The number of nitrogens with zero attached hydrogens (tertiary/aromatic N) is 6. The van der Waals surface area contributed by atoms with Crippen LogP contribution in [0.2, 0.25) is 0 Å². The van der Waals surface area contributed by atoms with Gasteiger partial charge in [-0.1, -0.05) is 11.6 Å². The van der Waals surface area contributed by atoms with Crippen molar-refractivity contribution >= 4 is 51.3 Å². The summed E-state index contributed by atoms with van der Waals surface area (Å²) in [4.78, 5) is 23.1. The molecule has 2 aromatic rings. The first-order valence-corrected chi connectivity index (χ1v) is 9.65. The lowest BCUT2D eigenvalue weighted by Crippen LogP contribution is -2.54. The summed E-state index contributed by atoms with van der Waals surface area (Å²) >= 11 is 9.35. The monoisotopic (exact) mass is 505 g/mol. The predicted molar refractivity (Wildman–Crippen MR) is 104 cm³/mol. The number of fused-ring (bicyclic) bond motifs is 1. The van der Waals surface area contributed by atoms with Gasteiger partial charge in [0.1, 0.15) is 5.69 Å². The van der Waals surface area contributed by atoms with E-state index in [2.05, 4.69) is 41.4 Å². The Hall–Kier alpha value is -2.67. The van der Waals surface area contributed by atoms with Crippen LogP contribution in [0.1, 0.15) is 6.42 Å². The SMILES string of the molecule is O=C(N[C@@H]1C=NC(n2nccn2)=C(Cl)C1)N1C[C@H](C(F)(F)F)Oc2c(Br)cncc21. The van der Waals surface area contributed by atoms with Gasteiger partial charge in [0.2, 0.25) is 6.10 Å². The molecule has 0 radical (unpaired) electrons. The number of hydrogen-bond donors (Lipinski definition) is 1. The van der Waals surface area contributed by atoms with Gasteiger partial charge >= 0.3 is 12.2 Å². The van der Waals surface area contributed by atoms with Crippen molar-refractivity contribution in [1.82, 2.24) is 25.3 Å². The maximum atomic E-state index is 13.3. The summed E-state index contributed by atoms with van der Waals surface area (Å²) in [5.74, 6) is 0.185. The van der Waals surface area contributed by atoms with Crippen molar-refractivity contribution in [3.8, 4) is 5.75 Å². The lowest BCUT2D eigenvalue weighted by Gasteiger charge is -2.36. The van der Waals surface area contributed by atoms with Gasteiger partial charge in [-0.2, -0.15) is 23.4 Å². The highest BCUT2D eigenvalue weighted by atomic mass is 79.9. The topological polar surface area (TPSA) is 97.5 Å². The number of anilines is 1. The molecule has 4 heterocycles. The summed E-state index contributed by atoms with van der Waals surface area (Å²) in [5, 5.41) is 10.8. The van der Waals surface area contributed by atoms with E-state index in [1.165, 1.54) is 35.8 Å². The van der Waals surface area contributed by atoms with Crippen LogP contribution in [-0.4, -0.2) is 57.1 Å². The van der Waals surface area contributed by atoms with E-state index in [1.807, 2.05) is 0 Å². The molecule has 0 saturated carbocycles. The quantitative estimate of drug-likeness (QED) is 0.675. The average molecular weight is 507 g/mol. The number of nitrogens with one attached hydrogen (secondary N) is 1. The van der Waals surface area contributed by atoms with E-state index in [0.717, 1.165) is 4.90 Å². The molecule has 158 valence electrons. The minimum atomic E-state index is -4.66. The Morgan fingerprint density at radius 2 is 2.03 bits per heavy atom. The molecular weight excluding hydrogens is 495 g/mol. The maximum Gasteiger partial charge on any atom is 0.427 e. The highest BCUT2D eigenvalue weighted by Gasteiger charge is 2.47. The number of carbonyl (C=O) groups excluding carboxylic acids is 1. The molecule has 2 aliphatic rings. The van der Waals surface area contributed by atoms with Gasteiger partial charge in [0.15, 0.2) is 11.6 Å². The number of hydrogen-bond acceptors (Lipinski definition) is 6. The fourth-order valence-electron chi connectivity index (χ4n) is 2.91. The van der Waals surface area contributed by atoms with Crippen LogP contribution in [0.25, 0.3) is 5.82 Å². The van der Waals surface area contributed by atoms with E-state index in [-0.39, 0.29) is 22.3 Å². The Morgan fingerprint density at radius 1 is 1.30 bits per heavy atom. The van der Waals surface area contributed by atoms with Crippen molar-refractivity contribution in [2.75, 3.05) is 11.4 Å². The number of carbonyl (C=O) groups is 1. The maximum absolute atomic E-state index is 13.3. The zero-order chi connectivity index (χ0) is 21.5. The van der Waals surface area contributed by atoms with E-state index >= 15 is 0 Å². The fraction of sp³-hybridized carbons (Fsp3) is 0.312. The summed E-state index contributed by atoms with van der Waals surface area (Å²) < 4.78 is 45.2. The summed E-state index contributed by atoms with van der Waals surface area (Å²) in [6.07, 6.45) is 0.207. The Kier molecular flexibility index (Phi) is 5.40. The molecule has 2 aliphatic heterocycles. The fourth-order valence-corrected chi connectivity index (χ4v) is 3.61. The number of aliphatic imine (C=N–C) groups is 1. The number of halogens is 5. The largest absolute Gasteiger partial charge is 0.476 e. The summed E-state index contributed by atoms with van der Waals surface area (Å²) in [7, 11) is 0. The number of rotatable bonds is 2. The van der Waals surface area contributed by atoms with Crippen LogP contribution in [0.5, 0.6) is 5.75 Å². The molecular formula is C16H12BrClF3N7O2. The number of urea groups is 1. The molecule has 0 aromatic carbocycles. The van der Waals surface area contributed by atoms with Gasteiger partial charge in [0, 0.05) is 18.8 Å². The normalized spacial score (nSPS) is 21.3. The summed E-state index contributed by atoms with van der Waals surface area (Å²) in [6, 6.07) is -1.41. The molecule has 0 bridgehead atoms. The van der Waals surface area contributed by atoms with Crippen LogP contribution in [0.4, 0.5) is 23.7 Å². The third-order valence-electron chi connectivity index (χ3n) is 4.28. The predicted octanol–water partition coefficient (Wildman–Crippen LogP) is 3.18.